The van der Waals surface area contributed by atoms with Crippen LogP contribution in [0.4, 0.5) is 24.8 Å². The van der Waals surface area contributed by atoms with E-state index in [1.807, 2.05) is 0 Å². The summed E-state index contributed by atoms with van der Waals surface area (Å²) in [7, 11) is -0.946. The van der Waals surface area contributed by atoms with E-state index in [9.17, 15) is 36.0 Å². The highest BCUT2D eigenvalue weighted by Crippen LogP contribution is 2.36. The second-order valence-electron chi connectivity index (χ2n) is 10.3. The first-order valence-corrected chi connectivity index (χ1v) is 15.5. The second kappa shape index (κ2) is 13.3. The molecule has 21 heteroatoms. The average molecular weight is 718 g/mol. The number of halogens is 3. The number of amides is 1. The van der Waals surface area contributed by atoms with Crippen molar-refractivity contribution in [2.45, 2.75) is 24.9 Å². The molecule has 0 spiro atoms. The predicted octanol–water partition coefficient (Wildman–Crippen LogP) is 2.62. The molecule has 4 heterocycles. The van der Waals surface area contributed by atoms with Crippen LogP contribution in [0.1, 0.15) is 27.4 Å². The highest BCUT2D eigenvalue weighted by molar-refractivity contribution is 7.90. The van der Waals surface area contributed by atoms with E-state index in [1.165, 1.54) is 33.4 Å². The fraction of sp³-hybridized carbons (Fsp3) is 0.207. The minimum absolute atomic E-state index is 0.0198. The number of aryl methyl sites for hydroxylation is 2. The van der Waals surface area contributed by atoms with Crippen molar-refractivity contribution in [3.8, 4) is 34.3 Å². The molecule has 0 aliphatic heterocycles. The van der Waals surface area contributed by atoms with E-state index in [0.29, 0.717) is 17.2 Å². The first-order valence-electron chi connectivity index (χ1n) is 14.0. The third kappa shape index (κ3) is 6.97. The number of aromatic amines is 2. The SMILES string of the molecule is COc1cc(Nc2ncc(-c3ccnc(OC)c3C(=O)NS(=O)(=O)c3c(C)[nH]c(=O)[nH]c3=O)c(-n3nc(C(F)(F)F)cc3C)n2)cc(OC)c1. The molecule has 0 atom stereocenters. The summed E-state index contributed by atoms with van der Waals surface area (Å²) >= 11 is 0. The van der Waals surface area contributed by atoms with Crippen LogP contribution in [-0.4, -0.2) is 70.4 Å². The van der Waals surface area contributed by atoms with Crippen LogP contribution in [0.3, 0.4) is 0 Å². The van der Waals surface area contributed by atoms with Crippen LogP contribution >= 0.6 is 0 Å². The number of pyridine rings is 1. The molecule has 5 aromatic rings. The summed E-state index contributed by atoms with van der Waals surface area (Å²) in [6.07, 6.45) is -2.49. The van der Waals surface area contributed by atoms with Gasteiger partial charge in [-0.05, 0) is 26.0 Å². The van der Waals surface area contributed by atoms with Crippen molar-refractivity contribution in [3.63, 3.8) is 0 Å². The van der Waals surface area contributed by atoms with E-state index < -0.39 is 55.4 Å². The van der Waals surface area contributed by atoms with E-state index in [-0.39, 0.29) is 34.3 Å². The number of H-pyrrole nitrogens is 2. The molecule has 4 N–H and O–H groups in total. The topological polar surface area (TPSA) is 225 Å². The Balaban J connectivity index is 1.70. The zero-order valence-electron chi connectivity index (χ0n) is 26.6. The Bertz CT molecular complexity index is 2330. The van der Waals surface area contributed by atoms with E-state index in [1.54, 1.807) is 27.9 Å². The normalized spacial score (nSPS) is 11.6. The Kier molecular flexibility index (Phi) is 9.35. The lowest BCUT2D eigenvalue weighted by Gasteiger charge is -2.17. The predicted molar refractivity (Wildman–Crippen MR) is 169 cm³/mol. The Hall–Kier alpha value is -6.25. The van der Waals surface area contributed by atoms with Gasteiger partial charge in [0.1, 0.15) is 17.1 Å². The highest BCUT2D eigenvalue weighted by atomic mass is 32.2. The maximum Gasteiger partial charge on any atom is 0.435 e. The Labute approximate surface area is 279 Å². The molecule has 262 valence electrons. The van der Waals surface area contributed by atoms with Gasteiger partial charge in [0, 0.05) is 58.8 Å². The third-order valence-electron chi connectivity index (χ3n) is 6.95. The first-order chi connectivity index (χ1) is 23.6. The molecule has 0 fully saturated rings. The molecule has 50 heavy (non-hydrogen) atoms. The number of benzene rings is 1. The molecule has 5 rings (SSSR count). The number of carbonyl (C=O) groups excluding carboxylic acids is 1. The maximum atomic E-state index is 13.8. The molecule has 0 aliphatic rings. The Morgan fingerprint density at radius 3 is 2.20 bits per heavy atom. The summed E-state index contributed by atoms with van der Waals surface area (Å²) in [4.78, 5) is 53.4. The van der Waals surface area contributed by atoms with Crippen LogP contribution in [-0.2, 0) is 16.2 Å². The van der Waals surface area contributed by atoms with Crippen LogP contribution < -0.4 is 35.5 Å². The molecule has 0 aliphatic carbocycles. The number of ether oxygens (including phenoxy) is 3. The van der Waals surface area contributed by atoms with Crippen molar-refractivity contribution in [1.82, 2.24) is 39.4 Å². The molecule has 0 unspecified atom stereocenters. The summed E-state index contributed by atoms with van der Waals surface area (Å²) in [5, 5.41) is 6.63. The number of alkyl halides is 3. The smallest absolute Gasteiger partial charge is 0.435 e. The second-order valence-corrected chi connectivity index (χ2v) is 11.9. The monoisotopic (exact) mass is 717 g/mol. The number of aromatic nitrogens is 7. The number of sulfonamides is 1. The van der Waals surface area contributed by atoms with E-state index in [4.69, 9.17) is 14.2 Å². The number of hydrogen-bond acceptors (Lipinski definition) is 13. The zero-order valence-corrected chi connectivity index (χ0v) is 27.4. The van der Waals surface area contributed by atoms with Gasteiger partial charge in [0.05, 0.1) is 21.3 Å². The van der Waals surface area contributed by atoms with E-state index in [2.05, 4.69) is 30.4 Å². The fourth-order valence-corrected chi connectivity index (χ4v) is 6.00. The standard InChI is InChI=1S/C29H26F3N9O8S/c1-13-8-20(29(30,31)32)39-41(13)23-19(12-34-27(37-23)36-15-9-16(47-3)11-17(10-15)48-4)18-6-7-33-26(49-5)21(18)24(42)40-50(45,46)22-14(2)35-28(44)38-25(22)43/h6-12H,1-5H3,(H,40,42)(H,34,36,37)(H2,35,38,43,44). The lowest BCUT2D eigenvalue weighted by molar-refractivity contribution is -0.141. The van der Waals surface area contributed by atoms with Gasteiger partial charge in [-0.3, -0.25) is 14.6 Å². The number of hydrogen-bond donors (Lipinski definition) is 4. The molecule has 0 radical (unpaired) electrons. The molecule has 0 bridgehead atoms. The molecular formula is C29H26F3N9O8S. The maximum absolute atomic E-state index is 13.8. The molecule has 17 nitrogen and oxygen atoms in total. The quantitative estimate of drug-likeness (QED) is 0.163. The van der Waals surface area contributed by atoms with Gasteiger partial charge in [0.15, 0.2) is 16.4 Å². The van der Waals surface area contributed by atoms with Crippen molar-refractivity contribution in [2.75, 3.05) is 26.6 Å². The largest absolute Gasteiger partial charge is 0.497 e. The van der Waals surface area contributed by atoms with E-state index >= 15 is 0 Å². The van der Waals surface area contributed by atoms with Gasteiger partial charge in [-0.1, -0.05) is 0 Å². The van der Waals surface area contributed by atoms with Gasteiger partial charge in [-0.25, -0.2) is 32.6 Å². The van der Waals surface area contributed by atoms with Crippen LogP contribution in [0.25, 0.3) is 16.9 Å². The number of anilines is 2. The molecule has 4 aromatic heterocycles. The van der Waals surface area contributed by atoms with Crippen molar-refractivity contribution in [1.29, 1.82) is 0 Å². The number of methoxy groups -OCH3 is 3. The van der Waals surface area contributed by atoms with Gasteiger partial charge >= 0.3 is 11.9 Å². The Morgan fingerprint density at radius 2 is 1.62 bits per heavy atom. The molecule has 1 amide bonds. The van der Waals surface area contributed by atoms with Crippen molar-refractivity contribution >= 4 is 27.6 Å². The minimum Gasteiger partial charge on any atom is -0.497 e. The van der Waals surface area contributed by atoms with Gasteiger partial charge in [-0.2, -0.15) is 23.3 Å². The van der Waals surface area contributed by atoms with Gasteiger partial charge in [0.2, 0.25) is 11.8 Å². The Morgan fingerprint density at radius 1 is 0.940 bits per heavy atom. The summed E-state index contributed by atoms with van der Waals surface area (Å²) in [6, 6.07) is 6.78. The molecule has 1 aromatic carbocycles. The fourth-order valence-electron chi connectivity index (χ4n) is 4.80. The van der Waals surface area contributed by atoms with Crippen molar-refractivity contribution in [3.05, 3.63) is 86.2 Å². The van der Waals surface area contributed by atoms with Crippen molar-refractivity contribution in [2.24, 2.45) is 0 Å². The van der Waals surface area contributed by atoms with Crippen LogP contribution in [0.2, 0.25) is 0 Å². The first kappa shape index (κ1) is 35.1. The number of nitrogens with zero attached hydrogens (tertiary/aromatic N) is 5. The number of nitrogens with one attached hydrogen (secondary N) is 4. The third-order valence-corrected chi connectivity index (χ3v) is 8.44. The van der Waals surface area contributed by atoms with Crippen molar-refractivity contribution < 1.29 is 40.6 Å². The summed E-state index contributed by atoms with van der Waals surface area (Å²) in [5.74, 6) is -1.38. The van der Waals surface area contributed by atoms with Crippen LogP contribution in [0.5, 0.6) is 17.4 Å². The highest BCUT2D eigenvalue weighted by Gasteiger charge is 2.36. The summed E-state index contributed by atoms with van der Waals surface area (Å²) < 4.78 is 86.2. The van der Waals surface area contributed by atoms with Crippen LogP contribution in [0, 0.1) is 13.8 Å². The van der Waals surface area contributed by atoms with Crippen LogP contribution in [0.15, 0.2) is 57.2 Å². The van der Waals surface area contributed by atoms with Gasteiger partial charge in [0.25, 0.3) is 21.5 Å². The zero-order chi connectivity index (χ0) is 36.5. The molecular weight excluding hydrogens is 691 g/mol. The summed E-state index contributed by atoms with van der Waals surface area (Å²) in [5.41, 5.74) is -4.32. The lowest BCUT2D eigenvalue weighted by Crippen LogP contribution is -2.38. The summed E-state index contributed by atoms with van der Waals surface area (Å²) in [6.45, 7) is 2.47. The average Bonchev–Trinajstić information content (AvgIpc) is 3.45. The molecule has 0 saturated carbocycles. The minimum atomic E-state index is -4.95. The van der Waals surface area contributed by atoms with E-state index in [0.717, 1.165) is 31.0 Å². The van der Waals surface area contributed by atoms with Gasteiger partial charge in [-0.15, -0.1) is 0 Å². The number of rotatable bonds is 10. The van der Waals surface area contributed by atoms with Gasteiger partial charge < -0.3 is 24.5 Å². The number of carbonyl (C=O) groups is 1. The lowest BCUT2D eigenvalue weighted by atomic mass is 10.0. The molecule has 0 saturated heterocycles.